The van der Waals surface area contributed by atoms with Crippen LogP contribution in [0, 0.1) is 6.92 Å². The summed E-state index contributed by atoms with van der Waals surface area (Å²) < 4.78 is 11.1. The molecule has 35 heavy (non-hydrogen) atoms. The maximum atomic E-state index is 13.3. The zero-order valence-electron chi connectivity index (χ0n) is 21.2. The van der Waals surface area contributed by atoms with Crippen LogP contribution in [0.1, 0.15) is 29.9 Å². The molecule has 0 radical (unpaired) electrons. The largest absolute Gasteiger partial charge is 0.383 e. The number of hydrogen-bond donors (Lipinski definition) is 0. The van der Waals surface area contributed by atoms with E-state index in [2.05, 4.69) is 70.2 Å². The minimum atomic E-state index is 0.262. The summed E-state index contributed by atoms with van der Waals surface area (Å²) in [7, 11) is 1.80. The predicted molar refractivity (Wildman–Crippen MR) is 139 cm³/mol. The van der Waals surface area contributed by atoms with Crippen molar-refractivity contribution in [2.45, 2.75) is 37.8 Å². The Labute approximate surface area is 209 Å². The maximum Gasteiger partial charge on any atom is 0.236 e. The van der Waals surface area contributed by atoms with Crippen LogP contribution in [0.25, 0.3) is 11.1 Å². The summed E-state index contributed by atoms with van der Waals surface area (Å²) in [5, 5.41) is 0. The van der Waals surface area contributed by atoms with Crippen LogP contribution in [0.3, 0.4) is 0 Å². The monoisotopic (exact) mass is 477 g/mol. The Bertz CT molecular complexity index is 989. The third-order valence-corrected chi connectivity index (χ3v) is 8.09. The molecular formula is C29H39N3O3. The fourth-order valence-corrected chi connectivity index (χ4v) is 6.15. The molecule has 3 heterocycles. The molecule has 5 rings (SSSR count). The van der Waals surface area contributed by atoms with Gasteiger partial charge < -0.3 is 14.4 Å². The van der Waals surface area contributed by atoms with Gasteiger partial charge in [-0.15, -0.1) is 0 Å². The molecular weight excluding hydrogens is 438 g/mol. The Balaban J connectivity index is 1.34. The van der Waals surface area contributed by atoms with Crippen molar-refractivity contribution in [2.75, 3.05) is 66.2 Å². The first kappa shape index (κ1) is 24.4. The van der Waals surface area contributed by atoms with Gasteiger partial charge in [-0.25, -0.2) is 0 Å². The van der Waals surface area contributed by atoms with E-state index in [0.717, 1.165) is 65.4 Å². The maximum absolute atomic E-state index is 13.3. The lowest BCUT2D eigenvalue weighted by molar-refractivity contribution is -0.138. The number of amides is 1. The van der Waals surface area contributed by atoms with Gasteiger partial charge in [-0.3, -0.25) is 14.6 Å². The zero-order valence-corrected chi connectivity index (χ0v) is 21.2. The fourth-order valence-electron chi connectivity index (χ4n) is 6.15. The summed E-state index contributed by atoms with van der Waals surface area (Å²) >= 11 is 0. The van der Waals surface area contributed by atoms with Crippen LogP contribution >= 0.6 is 0 Å². The van der Waals surface area contributed by atoms with E-state index in [9.17, 15) is 4.79 Å². The van der Waals surface area contributed by atoms with Crippen LogP contribution in [0.4, 0.5) is 0 Å². The SMILES string of the molecule is COC[C@@H]1[C@@H](c2ccc(-c3ccccc3C)cc2)[C@@H]2CN(C(=O)CN3CCOCC3)CCCCN12. The number of benzene rings is 2. The van der Waals surface area contributed by atoms with E-state index in [-0.39, 0.29) is 5.91 Å². The molecule has 0 unspecified atom stereocenters. The van der Waals surface area contributed by atoms with Gasteiger partial charge in [-0.2, -0.15) is 0 Å². The lowest BCUT2D eigenvalue weighted by Gasteiger charge is -2.57. The van der Waals surface area contributed by atoms with Crippen molar-refractivity contribution in [1.29, 1.82) is 0 Å². The first-order valence-electron chi connectivity index (χ1n) is 13.1. The zero-order chi connectivity index (χ0) is 24.2. The number of fused-ring (bicyclic) bond motifs is 1. The molecule has 2 aromatic carbocycles. The van der Waals surface area contributed by atoms with Gasteiger partial charge in [0, 0.05) is 51.3 Å². The molecule has 0 saturated carbocycles. The van der Waals surface area contributed by atoms with Gasteiger partial charge in [-0.1, -0.05) is 48.5 Å². The summed E-state index contributed by atoms with van der Waals surface area (Å²) in [6, 6.07) is 18.4. The molecule has 6 nitrogen and oxygen atoms in total. The fraction of sp³-hybridized carbons (Fsp3) is 0.552. The number of aryl methyl sites for hydroxylation is 1. The van der Waals surface area contributed by atoms with E-state index in [1.165, 1.54) is 22.3 Å². The van der Waals surface area contributed by atoms with Gasteiger partial charge in [0.2, 0.25) is 5.91 Å². The molecule has 1 amide bonds. The molecule has 188 valence electrons. The van der Waals surface area contributed by atoms with E-state index in [1.807, 2.05) is 0 Å². The van der Waals surface area contributed by atoms with Crippen molar-refractivity contribution in [3.05, 3.63) is 59.7 Å². The van der Waals surface area contributed by atoms with Gasteiger partial charge in [-0.05, 0) is 48.6 Å². The van der Waals surface area contributed by atoms with E-state index < -0.39 is 0 Å². The third kappa shape index (κ3) is 5.31. The number of rotatable bonds is 6. The van der Waals surface area contributed by atoms with Gasteiger partial charge in [0.25, 0.3) is 0 Å². The molecule has 0 N–H and O–H groups in total. The molecule has 6 heteroatoms. The van der Waals surface area contributed by atoms with Crippen LogP contribution < -0.4 is 0 Å². The Morgan fingerprint density at radius 2 is 1.74 bits per heavy atom. The topological polar surface area (TPSA) is 45.3 Å². The molecule has 3 atom stereocenters. The van der Waals surface area contributed by atoms with Crippen molar-refractivity contribution in [1.82, 2.24) is 14.7 Å². The molecule has 0 aliphatic carbocycles. The van der Waals surface area contributed by atoms with Crippen molar-refractivity contribution in [3.63, 3.8) is 0 Å². The third-order valence-electron chi connectivity index (χ3n) is 8.09. The van der Waals surface area contributed by atoms with E-state index in [1.54, 1.807) is 7.11 Å². The van der Waals surface area contributed by atoms with E-state index in [0.29, 0.717) is 24.5 Å². The van der Waals surface area contributed by atoms with E-state index in [4.69, 9.17) is 9.47 Å². The van der Waals surface area contributed by atoms with Crippen LogP contribution in [0.2, 0.25) is 0 Å². The van der Waals surface area contributed by atoms with Crippen molar-refractivity contribution in [2.24, 2.45) is 0 Å². The standard InChI is InChI=1S/C29H39N3O3/c1-22-7-3-4-8-25(22)23-9-11-24(12-10-23)29-26-19-31(28(33)20-30-15-17-35-18-16-30)13-5-6-14-32(26)27(29)21-34-2/h3-4,7-12,26-27,29H,5-6,13-21H2,1-2H3/t26-,27+,29-/m0/s1. The van der Waals surface area contributed by atoms with Gasteiger partial charge >= 0.3 is 0 Å². The van der Waals surface area contributed by atoms with Crippen molar-refractivity contribution >= 4 is 5.91 Å². The lowest BCUT2D eigenvalue weighted by atomic mass is 9.74. The highest BCUT2D eigenvalue weighted by Gasteiger charge is 2.49. The molecule has 0 spiro atoms. The molecule has 2 aromatic rings. The molecule has 3 aliphatic rings. The summed E-state index contributed by atoms with van der Waals surface area (Å²) in [4.78, 5) is 20.3. The summed E-state index contributed by atoms with van der Waals surface area (Å²) in [6.07, 6.45) is 2.19. The first-order chi connectivity index (χ1) is 17.2. The second-order valence-corrected chi connectivity index (χ2v) is 10.2. The molecule has 0 bridgehead atoms. The Morgan fingerprint density at radius 3 is 2.49 bits per heavy atom. The van der Waals surface area contributed by atoms with Gasteiger partial charge in [0.05, 0.1) is 26.4 Å². The summed E-state index contributed by atoms with van der Waals surface area (Å²) in [5.41, 5.74) is 5.19. The quantitative estimate of drug-likeness (QED) is 0.638. The normalized spacial score (nSPS) is 25.9. The Kier molecular flexibility index (Phi) is 7.83. The summed E-state index contributed by atoms with van der Waals surface area (Å²) in [6.45, 7) is 9.29. The molecule has 3 fully saturated rings. The molecule has 3 aliphatic heterocycles. The van der Waals surface area contributed by atoms with Gasteiger partial charge in [0.15, 0.2) is 0 Å². The molecule has 3 saturated heterocycles. The predicted octanol–water partition coefficient (Wildman–Crippen LogP) is 3.40. The van der Waals surface area contributed by atoms with Crippen LogP contribution in [-0.2, 0) is 14.3 Å². The Hall–Kier alpha value is -2.25. The highest BCUT2D eigenvalue weighted by Crippen LogP contribution is 2.42. The number of methoxy groups -OCH3 is 1. The van der Waals surface area contributed by atoms with E-state index >= 15 is 0 Å². The minimum absolute atomic E-state index is 0.262. The number of carbonyl (C=O) groups excluding carboxylic acids is 1. The second kappa shape index (κ2) is 11.2. The average molecular weight is 478 g/mol. The average Bonchev–Trinajstić information content (AvgIpc) is 2.86. The number of ether oxygens (including phenoxy) is 2. The van der Waals surface area contributed by atoms with Crippen LogP contribution in [0.5, 0.6) is 0 Å². The molecule has 0 aromatic heterocycles. The first-order valence-corrected chi connectivity index (χ1v) is 13.1. The number of hydrogen-bond acceptors (Lipinski definition) is 5. The lowest BCUT2D eigenvalue weighted by Crippen LogP contribution is -2.68. The van der Waals surface area contributed by atoms with Crippen LogP contribution in [-0.4, -0.2) is 98.9 Å². The number of carbonyl (C=O) groups is 1. The minimum Gasteiger partial charge on any atom is -0.383 e. The van der Waals surface area contributed by atoms with Gasteiger partial charge in [0.1, 0.15) is 0 Å². The number of nitrogens with zero attached hydrogens (tertiary/aromatic N) is 3. The highest BCUT2D eigenvalue weighted by molar-refractivity contribution is 5.78. The summed E-state index contributed by atoms with van der Waals surface area (Å²) in [5.74, 6) is 0.634. The smallest absolute Gasteiger partial charge is 0.236 e. The van der Waals surface area contributed by atoms with Crippen molar-refractivity contribution in [3.8, 4) is 11.1 Å². The highest BCUT2D eigenvalue weighted by atomic mass is 16.5. The van der Waals surface area contributed by atoms with Crippen LogP contribution in [0.15, 0.2) is 48.5 Å². The second-order valence-electron chi connectivity index (χ2n) is 10.2. The Morgan fingerprint density at radius 1 is 1.00 bits per heavy atom. The number of morpholine rings is 1. The van der Waals surface area contributed by atoms with Crippen molar-refractivity contribution < 1.29 is 14.3 Å².